The molecule has 0 aromatic heterocycles. The number of rotatable bonds is 12. The molecule has 26 heavy (non-hydrogen) atoms. The molecule has 0 fully saturated rings. The molecule has 0 aliphatic carbocycles. The average Bonchev–Trinajstić information content (AvgIpc) is 3.25. The molecule has 0 amide bonds. The van der Waals surface area contributed by atoms with E-state index in [2.05, 4.69) is 26.3 Å². The third-order valence-electron chi connectivity index (χ3n) is 2.57. The highest BCUT2D eigenvalue weighted by Gasteiger charge is 2.30. The third-order valence-corrected chi connectivity index (χ3v) is 14.1. The lowest BCUT2D eigenvalue weighted by atomic mass is 10.8. The molecular formula is C18H20S8. The van der Waals surface area contributed by atoms with Crippen LogP contribution in [0.2, 0.25) is 0 Å². The second-order valence-electron chi connectivity index (χ2n) is 4.53. The van der Waals surface area contributed by atoms with Gasteiger partial charge in [0.1, 0.15) is 0 Å². The first-order chi connectivity index (χ1) is 12.7. The van der Waals surface area contributed by atoms with Gasteiger partial charge in [-0.25, -0.2) is 0 Å². The van der Waals surface area contributed by atoms with Gasteiger partial charge in [0, 0.05) is 23.0 Å². The van der Waals surface area contributed by atoms with Crippen LogP contribution < -0.4 is 0 Å². The Kier molecular flexibility index (Phi) is 11.9. The Morgan fingerprint density at radius 2 is 0.731 bits per heavy atom. The Morgan fingerprint density at radius 3 is 0.923 bits per heavy atom. The lowest BCUT2D eigenvalue weighted by Gasteiger charge is -2.02. The van der Waals surface area contributed by atoms with E-state index in [0.717, 1.165) is 23.0 Å². The molecule has 0 aromatic carbocycles. The van der Waals surface area contributed by atoms with E-state index in [4.69, 9.17) is 0 Å². The molecule has 0 unspecified atom stereocenters. The minimum atomic E-state index is 0.947. The molecule has 2 aliphatic heterocycles. The Bertz CT molecular complexity index is 548. The molecule has 0 N–H and O–H groups in total. The van der Waals surface area contributed by atoms with Gasteiger partial charge in [0.15, 0.2) is 0 Å². The van der Waals surface area contributed by atoms with Gasteiger partial charge in [0.25, 0.3) is 0 Å². The van der Waals surface area contributed by atoms with E-state index in [-0.39, 0.29) is 0 Å². The fraction of sp³-hybridized carbons (Fsp3) is 0.222. The van der Waals surface area contributed by atoms with Crippen LogP contribution in [0.15, 0.2) is 76.0 Å². The molecule has 0 saturated heterocycles. The number of thioether (sulfide) groups is 8. The van der Waals surface area contributed by atoms with E-state index in [0.29, 0.717) is 0 Å². The van der Waals surface area contributed by atoms with Gasteiger partial charge in [-0.3, -0.25) is 0 Å². The van der Waals surface area contributed by atoms with Gasteiger partial charge in [-0.05, 0) is 0 Å². The van der Waals surface area contributed by atoms with Crippen molar-refractivity contribution in [3.05, 3.63) is 76.0 Å². The second-order valence-corrected chi connectivity index (χ2v) is 14.3. The minimum Gasteiger partial charge on any atom is -0.113 e. The van der Waals surface area contributed by atoms with Crippen molar-refractivity contribution in [3.63, 3.8) is 0 Å². The van der Waals surface area contributed by atoms with E-state index < -0.39 is 0 Å². The fourth-order valence-electron chi connectivity index (χ4n) is 1.60. The molecule has 0 atom stereocenters. The normalized spacial score (nSPS) is 17.2. The number of hydrogen-bond acceptors (Lipinski definition) is 8. The van der Waals surface area contributed by atoms with Crippen molar-refractivity contribution in [2.24, 2.45) is 0 Å². The van der Waals surface area contributed by atoms with Gasteiger partial charge in [-0.1, -0.05) is 71.4 Å². The topological polar surface area (TPSA) is 0 Å². The molecule has 2 rings (SSSR count). The summed E-state index contributed by atoms with van der Waals surface area (Å²) in [5.41, 5.74) is 0. The minimum absolute atomic E-state index is 0.947. The Hall–Kier alpha value is 0.980. The zero-order chi connectivity index (χ0) is 18.8. The standard InChI is InChI=1S/C18H20S8/c1-5-9-19-13-14(20-10-6-2)24-17(23-13)18-25-15(21-11-7-3)16(26-18)22-12-8-4/h5-8H,1-4,9-12H2. The summed E-state index contributed by atoms with van der Waals surface area (Å²) in [5.74, 6) is 3.79. The Labute approximate surface area is 191 Å². The SMILES string of the molecule is C=CCSC1=C(SCC=C)SC(=C2SC(SCC=C)=C(SCC=C)S2)S1. The first-order valence-corrected chi connectivity index (χ1v) is 14.8. The Morgan fingerprint density at radius 1 is 0.500 bits per heavy atom. The first-order valence-electron chi connectivity index (χ1n) is 7.62. The highest BCUT2D eigenvalue weighted by Crippen LogP contribution is 2.66. The molecule has 0 saturated carbocycles. The van der Waals surface area contributed by atoms with Crippen molar-refractivity contribution < 1.29 is 0 Å². The molecule has 0 bridgehead atoms. The molecule has 0 radical (unpaired) electrons. The Balaban J connectivity index is 2.12. The molecule has 2 heterocycles. The summed E-state index contributed by atoms with van der Waals surface area (Å²) >= 11 is 15.2. The lowest BCUT2D eigenvalue weighted by Crippen LogP contribution is -1.74. The molecule has 0 spiro atoms. The molecule has 8 heteroatoms. The van der Waals surface area contributed by atoms with Crippen LogP contribution in [0, 0.1) is 0 Å². The summed E-state index contributed by atoms with van der Waals surface area (Å²) in [7, 11) is 0. The highest BCUT2D eigenvalue weighted by atomic mass is 32.3. The van der Waals surface area contributed by atoms with E-state index in [9.17, 15) is 0 Å². The van der Waals surface area contributed by atoms with Crippen LogP contribution >= 0.6 is 94.1 Å². The first kappa shape index (κ1) is 23.3. The summed E-state index contributed by atoms with van der Waals surface area (Å²) in [6.07, 6.45) is 7.88. The van der Waals surface area contributed by atoms with Crippen molar-refractivity contribution in [3.8, 4) is 0 Å². The third kappa shape index (κ3) is 7.10. The van der Waals surface area contributed by atoms with Crippen LogP contribution in [0.1, 0.15) is 0 Å². The molecule has 2 aliphatic rings. The van der Waals surface area contributed by atoms with Gasteiger partial charge in [-0.2, -0.15) is 0 Å². The summed E-state index contributed by atoms with van der Waals surface area (Å²) in [6.45, 7) is 15.4. The summed E-state index contributed by atoms with van der Waals surface area (Å²) in [6, 6.07) is 0. The van der Waals surface area contributed by atoms with E-state index in [1.807, 2.05) is 118 Å². The molecule has 0 nitrogen and oxygen atoms in total. The largest absolute Gasteiger partial charge is 0.113 e. The van der Waals surface area contributed by atoms with E-state index in [1.54, 1.807) is 0 Å². The van der Waals surface area contributed by atoms with Crippen molar-refractivity contribution in [2.45, 2.75) is 0 Å². The highest BCUT2D eigenvalue weighted by molar-refractivity contribution is 8.45. The average molecular weight is 493 g/mol. The van der Waals surface area contributed by atoms with Crippen LogP contribution in [0.25, 0.3) is 0 Å². The monoisotopic (exact) mass is 492 g/mol. The van der Waals surface area contributed by atoms with Gasteiger partial charge < -0.3 is 0 Å². The smallest absolute Gasteiger partial charge is 0.0717 e. The maximum atomic E-state index is 3.85. The predicted octanol–water partition coefficient (Wildman–Crippen LogP) is 9.00. The molecule has 0 aromatic rings. The summed E-state index contributed by atoms with van der Waals surface area (Å²) in [4.78, 5) is 0. The lowest BCUT2D eigenvalue weighted by molar-refractivity contribution is 1.82. The predicted molar refractivity (Wildman–Crippen MR) is 142 cm³/mol. The van der Waals surface area contributed by atoms with Crippen molar-refractivity contribution in [1.82, 2.24) is 0 Å². The maximum Gasteiger partial charge on any atom is 0.0717 e. The van der Waals surface area contributed by atoms with Crippen LogP contribution in [-0.4, -0.2) is 23.0 Å². The van der Waals surface area contributed by atoms with Gasteiger partial charge in [0.2, 0.25) is 0 Å². The maximum absolute atomic E-state index is 3.85. The van der Waals surface area contributed by atoms with Crippen LogP contribution in [-0.2, 0) is 0 Å². The number of hydrogen-bond donors (Lipinski definition) is 0. The van der Waals surface area contributed by atoms with Crippen molar-refractivity contribution in [2.75, 3.05) is 23.0 Å². The quantitative estimate of drug-likeness (QED) is 0.244. The van der Waals surface area contributed by atoms with Gasteiger partial charge >= 0.3 is 0 Å². The van der Waals surface area contributed by atoms with Crippen LogP contribution in [0.4, 0.5) is 0 Å². The van der Waals surface area contributed by atoms with Crippen molar-refractivity contribution in [1.29, 1.82) is 0 Å². The zero-order valence-electron chi connectivity index (χ0n) is 14.2. The van der Waals surface area contributed by atoms with E-state index in [1.165, 1.54) is 25.4 Å². The van der Waals surface area contributed by atoms with Crippen LogP contribution in [0.3, 0.4) is 0 Å². The zero-order valence-corrected chi connectivity index (χ0v) is 20.8. The van der Waals surface area contributed by atoms with E-state index >= 15 is 0 Å². The summed E-state index contributed by atoms with van der Waals surface area (Å²) in [5, 5.41) is 0. The molecule has 140 valence electrons. The molecular weight excluding hydrogens is 473 g/mol. The van der Waals surface area contributed by atoms with Gasteiger partial charge in [0.05, 0.1) is 25.4 Å². The van der Waals surface area contributed by atoms with Crippen molar-refractivity contribution >= 4 is 94.1 Å². The summed E-state index contributed by atoms with van der Waals surface area (Å²) < 4.78 is 8.42. The fourth-order valence-corrected chi connectivity index (χ4v) is 12.6. The van der Waals surface area contributed by atoms with Crippen LogP contribution in [0.5, 0.6) is 0 Å². The van der Waals surface area contributed by atoms with Gasteiger partial charge in [-0.15, -0.1) is 73.4 Å². The second kappa shape index (κ2) is 13.2.